The highest BCUT2D eigenvalue weighted by atomic mass is 35.5. The number of carbonyl (C=O) groups excluding carboxylic acids is 1. The van der Waals surface area contributed by atoms with Gasteiger partial charge in [-0.25, -0.2) is 0 Å². The van der Waals surface area contributed by atoms with E-state index in [9.17, 15) is 4.79 Å². The summed E-state index contributed by atoms with van der Waals surface area (Å²) in [5.74, 6) is 0.592. The topological polar surface area (TPSA) is 67.0 Å². The number of nitrogens with zero attached hydrogens (tertiary/aromatic N) is 1. The van der Waals surface area contributed by atoms with E-state index in [-0.39, 0.29) is 18.4 Å². The maximum atomic E-state index is 11.8. The fourth-order valence-electron chi connectivity index (χ4n) is 1.71. The zero-order chi connectivity index (χ0) is 14.4. The highest BCUT2D eigenvalue weighted by Crippen LogP contribution is 2.17. The van der Waals surface area contributed by atoms with Crippen LogP contribution in [0.25, 0.3) is 0 Å². The van der Waals surface area contributed by atoms with Crippen molar-refractivity contribution < 1.29 is 9.53 Å². The van der Waals surface area contributed by atoms with Crippen molar-refractivity contribution in [3.8, 4) is 5.75 Å². The molecule has 5 nitrogen and oxygen atoms in total. The Morgan fingerprint density at radius 3 is 3.10 bits per heavy atom. The van der Waals surface area contributed by atoms with Crippen molar-refractivity contribution in [1.82, 2.24) is 15.5 Å². The van der Waals surface area contributed by atoms with E-state index < -0.39 is 0 Å². The first kappa shape index (κ1) is 14.4. The van der Waals surface area contributed by atoms with Crippen LogP contribution >= 0.6 is 11.6 Å². The summed E-state index contributed by atoms with van der Waals surface area (Å²) < 4.78 is 5.47. The van der Waals surface area contributed by atoms with Gasteiger partial charge in [-0.2, -0.15) is 5.10 Å². The highest BCUT2D eigenvalue weighted by Gasteiger charge is 2.10. The van der Waals surface area contributed by atoms with Gasteiger partial charge in [-0.15, -0.1) is 0 Å². The van der Waals surface area contributed by atoms with Crippen molar-refractivity contribution in [2.24, 2.45) is 0 Å². The van der Waals surface area contributed by atoms with Crippen LogP contribution in [0.5, 0.6) is 5.75 Å². The number of hydrogen-bond acceptors (Lipinski definition) is 3. The Hall–Kier alpha value is -2.01. The van der Waals surface area contributed by atoms with Gasteiger partial charge in [0.05, 0.1) is 25.3 Å². The van der Waals surface area contributed by atoms with Gasteiger partial charge in [0.1, 0.15) is 5.75 Å². The largest absolute Gasteiger partial charge is 0.493 e. The normalized spacial score (nSPS) is 11.9. The number of nitrogens with one attached hydrogen (secondary N) is 2. The van der Waals surface area contributed by atoms with Crippen molar-refractivity contribution in [1.29, 1.82) is 0 Å². The van der Waals surface area contributed by atoms with E-state index in [1.54, 1.807) is 36.7 Å². The fraction of sp³-hybridized carbons (Fsp3) is 0.286. The molecule has 1 unspecified atom stereocenters. The van der Waals surface area contributed by atoms with Crippen LogP contribution in [0.1, 0.15) is 24.9 Å². The molecule has 1 amide bonds. The number of amides is 1. The first-order valence-corrected chi connectivity index (χ1v) is 6.69. The standard InChI is InChI=1S/C14H16ClN3O2/c1-10(11-8-16-17-9-11)18-14(19)5-6-20-13-4-2-3-12(15)7-13/h2-4,7-10H,5-6H2,1H3,(H,16,17)(H,18,19). The number of aromatic nitrogens is 2. The van der Waals surface area contributed by atoms with Crippen LogP contribution < -0.4 is 10.1 Å². The Labute approximate surface area is 122 Å². The van der Waals surface area contributed by atoms with E-state index in [4.69, 9.17) is 16.3 Å². The van der Waals surface area contributed by atoms with Gasteiger partial charge in [0.25, 0.3) is 0 Å². The highest BCUT2D eigenvalue weighted by molar-refractivity contribution is 6.30. The molecule has 106 valence electrons. The van der Waals surface area contributed by atoms with Gasteiger partial charge in [0, 0.05) is 16.8 Å². The lowest BCUT2D eigenvalue weighted by Gasteiger charge is -2.12. The second-order valence-corrected chi connectivity index (χ2v) is 4.81. The Kier molecular flexibility index (Phi) is 5.01. The zero-order valence-electron chi connectivity index (χ0n) is 11.1. The minimum Gasteiger partial charge on any atom is -0.493 e. The second kappa shape index (κ2) is 6.96. The maximum absolute atomic E-state index is 11.8. The summed E-state index contributed by atoms with van der Waals surface area (Å²) >= 11 is 5.84. The molecule has 0 radical (unpaired) electrons. The number of rotatable bonds is 6. The summed E-state index contributed by atoms with van der Waals surface area (Å²) in [5.41, 5.74) is 0.939. The molecule has 0 aliphatic heterocycles. The van der Waals surface area contributed by atoms with E-state index in [0.717, 1.165) is 5.56 Å². The molecule has 2 aromatic rings. The molecule has 0 saturated carbocycles. The summed E-state index contributed by atoms with van der Waals surface area (Å²) in [5, 5.41) is 10.0. The quantitative estimate of drug-likeness (QED) is 0.860. The third-order valence-corrected chi connectivity index (χ3v) is 3.03. The lowest BCUT2D eigenvalue weighted by molar-refractivity contribution is -0.122. The maximum Gasteiger partial charge on any atom is 0.223 e. The van der Waals surface area contributed by atoms with E-state index in [2.05, 4.69) is 15.5 Å². The Morgan fingerprint density at radius 1 is 1.55 bits per heavy atom. The molecular weight excluding hydrogens is 278 g/mol. The molecule has 0 aliphatic carbocycles. The van der Waals surface area contributed by atoms with Crippen molar-refractivity contribution in [2.75, 3.05) is 6.61 Å². The van der Waals surface area contributed by atoms with Crippen LogP contribution in [0.3, 0.4) is 0 Å². The Balaban J connectivity index is 1.73. The Bertz CT molecular complexity index is 557. The van der Waals surface area contributed by atoms with Gasteiger partial charge in [-0.05, 0) is 25.1 Å². The predicted octanol–water partition coefficient (Wildman–Crippen LogP) is 2.71. The number of benzene rings is 1. The number of aromatic amines is 1. The van der Waals surface area contributed by atoms with Gasteiger partial charge in [-0.1, -0.05) is 17.7 Å². The van der Waals surface area contributed by atoms with Crippen LogP contribution in [0, 0.1) is 0 Å². The number of H-pyrrole nitrogens is 1. The van der Waals surface area contributed by atoms with Gasteiger partial charge in [-0.3, -0.25) is 9.89 Å². The summed E-state index contributed by atoms with van der Waals surface area (Å²) in [7, 11) is 0. The minimum atomic E-state index is -0.0765. The van der Waals surface area contributed by atoms with Gasteiger partial charge in [0.15, 0.2) is 0 Å². The fourth-order valence-corrected chi connectivity index (χ4v) is 1.89. The van der Waals surface area contributed by atoms with Crippen LogP contribution in [-0.2, 0) is 4.79 Å². The smallest absolute Gasteiger partial charge is 0.223 e. The molecule has 20 heavy (non-hydrogen) atoms. The molecule has 0 fully saturated rings. The lowest BCUT2D eigenvalue weighted by atomic mass is 10.2. The van der Waals surface area contributed by atoms with Crippen LogP contribution in [0.4, 0.5) is 0 Å². The van der Waals surface area contributed by atoms with Gasteiger partial charge >= 0.3 is 0 Å². The summed E-state index contributed by atoms with van der Waals surface area (Å²) in [6, 6.07) is 7.02. The average Bonchev–Trinajstić information content (AvgIpc) is 2.92. The third-order valence-electron chi connectivity index (χ3n) is 2.79. The predicted molar refractivity (Wildman–Crippen MR) is 76.7 cm³/mol. The van der Waals surface area contributed by atoms with Crippen LogP contribution in [0.2, 0.25) is 5.02 Å². The van der Waals surface area contributed by atoms with E-state index in [1.807, 2.05) is 6.92 Å². The average molecular weight is 294 g/mol. The van der Waals surface area contributed by atoms with Crippen molar-refractivity contribution in [3.63, 3.8) is 0 Å². The van der Waals surface area contributed by atoms with Crippen molar-refractivity contribution in [2.45, 2.75) is 19.4 Å². The zero-order valence-corrected chi connectivity index (χ0v) is 11.9. The molecule has 6 heteroatoms. The SMILES string of the molecule is CC(NC(=O)CCOc1cccc(Cl)c1)c1cn[nH]c1. The number of carbonyl (C=O) groups is 1. The van der Waals surface area contributed by atoms with E-state index >= 15 is 0 Å². The third kappa shape index (κ3) is 4.28. The molecule has 0 saturated heterocycles. The number of ether oxygens (including phenoxy) is 1. The molecule has 0 aliphatic rings. The van der Waals surface area contributed by atoms with E-state index in [1.165, 1.54) is 0 Å². The minimum absolute atomic E-state index is 0.0688. The molecule has 1 aromatic carbocycles. The lowest BCUT2D eigenvalue weighted by Crippen LogP contribution is -2.27. The number of hydrogen-bond donors (Lipinski definition) is 2. The summed E-state index contributed by atoms with van der Waals surface area (Å²) in [6.45, 7) is 2.21. The molecule has 2 rings (SSSR count). The van der Waals surface area contributed by atoms with Crippen molar-refractivity contribution >= 4 is 17.5 Å². The van der Waals surface area contributed by atoms with Gasteiger partial charge in [0.2, 0.25) is 5.91 Å². The Morgan fingerprint density at radius 2 is 2.40 bits per heavy atom. The molecule has 2 N–H and O–H groups in total. The second-order valence-electron chi connectivity index (χ2n) is 4.38. The molecule has 1 aromatic heterocycles. The molecule has 0 spiro atoms. The summed E-state index contributed by atoms with van der Waals surface area (Å²) in [4.78, 5) is 11.8. The van der Waals surface area contributed by atoms with E-state index in [0.29, 0.717) is 17.4 Å². The van der Waals surface area contributed by atoms with Gasteiger partial charge < -0.3 is 10.1 Å². The van der Waals surface area contributed by atoms with Crippen LogP contribution in [-0.4, -0.2) is 22.7 Å². The summed E-state index contributed by atoms with van der Waals surface area (Å²) in [6.07, 6.45) is 3.73. The molecular formula is C14H16ClN3O2. The molecule has 1 atom stereocenters. The monoisotopic (exact) mass is 293 g/mol. The molecule has 1 heterocycles. The number of halogens is 1. The molecule has 0 bridgehead atoms. The first-order chi connectivity index (χ1) is 9.65. The van der Waals surface area contributed by atoms with Crippen LogP contribution in [0.15, 0.2) is 36.7 Å². The first-order valence-electron chi connectivity index (χ1n) is 6.31. The van der Waals surface area contributed by atoms with Crippen molar-refractivity contribution in [3.05, 3.63) is 47.2 Å².